The summed E-state index contributed by atoms with van der Waals surface area (Å²) in [4.78, 5) is 18.3. The third kappa shape index (κ3) is 2.57. The molecule has 3 rings (SSSR count). The molecule has 1 aromatic heterocycles. The Hall–Kier alpha value is -1.58. The third-order valence-electron chi connectivity index (χ3n) is 4.20. The fraction of sp³-hybridized carbons (Fsp3) is 0.600. The summed E-state index contributed by atoms with van der Waals surface area (Å²) in [5, 5.41) is 3.48. The van der Waals surface area contributed by atoms with Gasteiger partial charge >= 0.3 is 0 Å². The minimum Gasteiger partial charge on any atom is -0.379 e. The molecule has 102 valence electrons. The second-order valence-corrected chi connectivity index (χ2v) is 5.60. The van der Waals surface area contributed by atoms with Crippen molar-refractivity contribution in [1.82, 2.24) is 9.88 Å². The Morgan fingerprint density at radius 2 is 2.26 bits per heavy atom. The average Bonchev–Trinajstić information content (AvgIpc) is 2.31. The number of nitrogens with one attached hydrogen (secondary N) is 1. The molecule has 1 amide bonds. The Balaban J connectivity index is 1.49. The Labute approximate surface area is 114 Å². The molecule has 2 fully saturated rings. The largest absolute Gasteiger partial charge is 0.379 e. The molecule has 0 unspecified atom stereocenters. The van der Waals surface area contributed by atoms with Crippen molar-refractivity contribution in [3.05, 3.63) is 24.0 Å². The van der Waals surface area contributed by atoms with Gasteiger partial charge in [0.25, 0.3) is 0 Å². The quantitative estimate of drug-likeness (QED) is 0.900. The highest BCUT2D eigenvalue weighted by atomic mass is 16.2. The van der Waals surface area contributed by atoms with E-state index in [1.807, 2.05) is 17.2 Å². The average molecular weight is 259 g/mol. The molecule has 0 atom stereocenters. The fourth-order valence-electron chi connectivity index (χ4n) is 2.66. The van der Waals surface area contributed by atoms with Crippen LogP contribution in [0.3, 0.4) is 0 Å². The molecule has 1 N–H and O–H groups in total. The number of anilines is 1. The molecule has 2 aliphatic rings. The maximum absolute atomic E-state index is 12.0. The predicted octanol–water partition coefficient (Wildman–Crippen LogP) is 2.07. The number of likely N-dealkylation sites (tertiary alicyclic amines) is 1. The molecule has 4 nitrogen and oxygen atoms in total. The zero-order chi connectivity index (χ0) is 13.2. The van der Waals surface area contributed by atoms with Crippen LogP contribution in [-0.4, -0.2) is 34.9 Å². The highest BCUT2D eigenvalue weighted by molar-refractivity contribution is 5.80. The van der Waals surface area contributed by atoms with Gasteiger partial charge in [-0.05, 0) is 31.4 Å². The second-order valence-electron chi connectivity index (χ2n) is 5.60. The van der Waals surface area contributed by atoms with Gasteiger partial charge in [0, 0.05) is 36.6 Å². The van der Waals surface area contributed by atoms with Crippen LogP contribution in [0.1, 0.15) is 31.9 Å². The minimum absolute atomic E-state index is 0.327. The smallest absolute Gasteiger partial charge is 0.225 e. The zero-order valence-corrected chi connectivity index (χ0v) is 11.4. The van der Waals surface area contributed by atoms with Crippen LogP contribution in [-0.2, 0) is 11.2 Å². The molecule has 1 saturated carbocycles. The number of aromatic nitrogens is 1. The molecule has 0 bridgehead atoms. The topological polar surface area (TPSA) is 45.2 Å². The van der Waals surface area contributed by atoms with Gasteiger partial charge in [-0.25, -0.2) is 0 Å². The van der Waals surface area contributed by atoms with Crippen molar-refractivity contribution in [3.8, 4) is 0 Å². The van der Waals surface area contributed by atoms with Gasteiger partial charge in [0.2, 0.25) is 5.91 Å². The van der Waals surface area contributed by atoms with Gasteiger partial charge in [0.1, 0.15) is 0 Å². The van der Waals surface area contributed by atoms with E-state index in [2.05, 4.69) is 23.3 Å². The summed E-state index contributed by atoms with van der Waals surface area (Å²) in [6, 6.07) is 4.49. The van der Waals surface area contributed by atoms with E-state index < -0.39 is 0 Å². The van der Waals surface area contributed by atoms with Crippen molar-refractivity contribution in [1.29, 1.82) is 0 Å². The Kier molecular flexibility index (Phi) is 3.40. The number of pyridine rings is 1. The SMILES string of the molecule is CCc1cc(NC2CN(C(=O)C3CCC3)C2)ccn1. The summed E-state index contributed by atoms with van der Waals surface area (Å²) in [5.41, 5.74) is 2.22. The fourth-order valence-corrected chi connectivity index (χ4v) is 2.66. The number of nitrogens with zero attached hydrogens (tertiary/aromatic N) is 2. The first-order chi connectivity index (χ1) is 9.26. The monoisotopic (exact) mass is 259 g/mol. The lowest BCUT2D eigenvalue weighted by molar-refractivity contribution is -0.142. The first kappa shape index (κ1) is 12.5. The molecule has 19 heavy (non-hydrogen) atoms. The van der Waals surface area contributed by atoms with Gasteiger partial charge in [0.05, 0.1) is 6.04 Å². The maximum Gasteiger partial charge on any atom is 0.225 e. The number of carbonyl (C=O) groups excluding carboxylic acids is 1. The van der Waals surface area contributed by atoms with Gasteiger partial charge in [0.15, 0.2) is 0 Å². The Morgan fingerprint density at radius 3 is 2.89 bits per heavy atom. The van der Waals surface area contributed by atoms with Crippen LogP contribution in [0.5, 0.6) is 0 Å². The van der Waals surface area contributed by atoms with E-state index in [1.165, 1.54) is 6.42 Å². The van der Waals surface area contributed by atoms with E-state index in [0.717, 1.165) is 43.7 Å². The second kappa shape index (κ2) is 5.19. The first-order valence-electron chi connectivity index (χ1n) is 7.26. The van der Waals surface area contributed by atoms with E-state index in [-0.39, 0.29) is 0 Å². The molecular formula is C15H21N3O. The van der Waals surface area contributed by atoms with E-state index in [4.69, 9.17) is 0 Å². The number of aryl methyl sites for hydroxylation is 1. The van der Waals surface area contributed by atoms with Crippen molar-refractivity contribution >= 4 is 11.6 Å². The highest BCUT2D eigenvalue weighted by Crippen LogP contribution is 2.30. The van der Waals surface area contributed by atoms with Crippen molar-refractivity contribution in [2.75, 3.05) is 18.4 Å². The van der Waals surface area contributed by atoms with Gasteiger partial charge < -0.3 is 10.2 Å². The molecular weight excluding hydrogens is 238 g/mol. The molecule has 1 saturated heterocycles. The molecule has 2 heterocycles. The molecule has 1 aliphatic carbocycles. The first-order valence-corrected chi connectivity index (χ1v) is 7.26. The van der Waals surface area contributed by atoms with Crippen LogP contribution in [0.4, 0.5) is 5.69 Å². The van der Waals surface area contributed by atoms with Gasteiger partial charge in [-0.3, -0.25) is 9.78 Å². The minimum atomic E-state index is 0.327. The summed E-state index contributed by atoms with van der Waals surface area (Å²) in [6.45, 7) is 3.80. The van der Waals surface area contributed by atoms with E-state index >= 15 is 0 Å². The maximum atomic E-state index is 12.0. The van der Waals surface area contributed by atoms with Crippen molar-refractivity contribution in [2.45, 2.75) is 38.6 Å². The number of hydrogen-bond donors (Lipinski definition) is 1. The van der Waals surface area contributed by atoms with Crippen LogP contribution < -0.4 is 5.32 Å². The lowest BCUT2D eigenvalue weighted by Crippen LogP contribution is -2.58. The Morgan fingerprint density at radius 1 is 1.47 bits per heavy atom. The van der Waals surface area contributed by atoms with E-state index in [0.29, 0.717) is 17.9 Å². The number of rotatable bonds is 4. The number of hydrogen-bond acceptors (Lipinski definition) is 3. The van der Waals surface area contributed by atoms with E-state index in [1.54, 1.807) is 0 Å². The van der Waals surface area contributed by atoms with Crippen LogP contribution >= 0.6 is 0 Å². The van der Waals surface area contributed by atoms with Crippen LogP contribution in [0.2, 0.25) is 0 Å². The summed E-state index contributed by atoms with van der Waals surface area (Å²) in [7, 11) is 0. The molecule has 4 heteroatoms. The van der Waals surface area contributed by atoms with Crippen LogP contribution in [0, 0.1) is 5.92 Å². The molecule has 0 aromatic carbocycles. The third-order valence-corrected chi connectivity index (χ3v) is 4.20. The molecule has 1 aromatic rings. The van der Waals surface area contributed by atoms with Crippen LogP contribution in [0.15, 0.2) is 18.3 Å². The van der Waals surface area contributed by atoms with E-state index in [9.17, 15) is 4.79 Å². The summed E-state index contributed by atoms with van der Waals surface area (Å²) in [6.07, 6.45) is 6.21. The van der Waals surface area contributed by atoms with Gasteiger partial charge in [-0.15, -0.1) is 0 Å². The highest BCUT2D eigenvalue weighted by Gasteiger charge is 2.36. The molecule has 0 spiro atoms. The lowest BCUT2D eigenvalue weighted by Gasteiger charge is -2.43. The Bertz CT molecular complexity index is 464. The summed E-state index contributed by atoms with van der Waals surface area (Å²) < 4.78 is 0. The van der Waals surface area contributed by atoms with Crippen molar-refractivity contribution in [2.24, 2.45) is 5.92 Å². The molecule has 1 aliphatic heterocycles. The van der Waals surface area contributed by atoms with Crippen molar-refractivity contribution in [3.63, 3.8) is 0 Å². The predicted molar refractivity (Wildman–Crippen MR) is 74.9 cm³/mol. The van der Waals surface area contributed by atoms with Gasteiger partial charge in [-0.1, -0.05) is 13.3 Å². The summed E-state index contributed by atoms with van der Waals surface area (Å²) >= 11 is 0. The van der Waals surface area contributed by atoms with Crippen molar-refractivity contribution < 1.29 is 4.79 Å². The zero-order valence-electron chi connectivity index (χ0n) is 11.4. The summed E-state index contributed by atoms with van der Waals surface area (Å²) in [5.74, 6) is 0.696. The standard InChI is InChI=1S/C15H21N3O/c1-2-12-8-13(6-7-16-12)17-14-9-18(10-14)15(19)11-4-3-5-11/h6-8,11,14H,2-5,9-10H2,1H3,(H,16,17). The molecule has 0 radical (unpaired) electrons. The van der Waals surface area contributed by atoms with Crippen LogP contribution in [0.25, 0.3) is 0 Å². The normalized spacial score (nSPS) is 19.7. The number of amides is 1. The van der Waals surface area contributed by atoms with Gasteiger partial charge in [-0.2, -0.15) is 0 Å². The lowest BCUT2D eigenvalue weighted by atomic mass is 9.83. The number of carbonyl (C=O) groups is 1.